The first-order valence-corrected chi connectivity index (χ1v) is 13.8. The lowest BCUT2D eigenvalue weighted by Crippen LogP contribution is -2.11. The van der Waals surface area contributed by atoms with Gasteiger partial charge in [-0.3, -0.25) is 0 Å². The highest BCUT2D eigenvalue weighted by molar-refractivity contribution is 5.34. The van der Waals surface area contributed by atoms with Crippen LogP contribution in [-0.2, 0) is 0 Å². The van der Waals surface area contributed by atoms with E-state index in [0.29, 0.717) is 0 Å². The van der Waals surface area contributed by atoms with Gasteiger partial charge in [0.1, 0.15) is 0 Å². The van der Waals surface area contributed by atoms with Crippen LogP contribution < -0.4 is 5.32 Å². The fourth-order valence-electron chi connectivity index (χ4n) is 1.72. The zero-order chi connectivity index (χ0) is 28.1. The molecule has 1 heteroatoms. The van der Waals surface area contributed by atoms with Gasteiger partial charge in [-0.25, -0.2) is 0 Å². The van der Waals surface area contributed by atoms with Gasteiger partial charge in [0.25, 0.3) is 0 Å². The van der Waals surface area contributed by atoms with Crippen molar-refractivity contribution in [1.82, 2.24) is 5.32 Å². The minimum atomic E-state index is 0.907. The number of nitrogens with one attached hydrogen (secondary N) is 1. The normalized spacial score (nSPS) is 9.42. The van der Waals surface area contributed by atoms with Gasteiger partial charge in [0.05, 0.1) is 0 Å². The van der Waals surface area contributed by atoms with E-state index in [1.54, 1.807) is 6.08 Å². The Morgan fingerprint density at radius 1 is 0.788 bits per heavy atom. The lowest BCUT2D eigenvalue weighted by Gasteiger charge is -2.06. The van der Waals surface area contributed by atoms with Crippen molar-refractivity contribution in [3.63, 3.8) is 0 Å². The van der Waals surface area contributed by atoms with Crippen LogP contribution in [0.15, 0.2) is 36.6 Å². The molecular weight excluding hydrogens is 398 g/mol. The van der Waals surface area contributed by atoms with E-state index >= 15 is 0 Å². The molecule has 1 unspecified atom stereocenters. The van der Waals surface area contributed by atoms with Crippen LogP contribution in [0.3, 0.4) is 0 Å². The minimum Gasteiger partial charge on any atom is -0.385 e. The van der Waals surface area contributed by atoms with Crippen LogP contribution in [0, 0.1) is 24.7 Å². The highest BCUT2D eigenvalue weighted by Crippen LogP contribution is 2.07. The molecule has 0 saturated carbocycles. The lowest BCUT2D eigenvalue weighted by atomic mass is 10.0. The second kappa shape index (κ2) is 57.5. The minimum absolute atomic E-state index is 0.907. The molecule has 33 heavy (non-hydrogen) atoms. The Morgan fingerprint density at radius 2 is 1.12 bits per heavy atom. The van der Waals surface area contributed by atoms with Gasteiger partial charge in [-0.2, -0.15) is 0 Å². The standard InChI is InChI=1S/C9H15N.C7H16.C6H14.2C3H8.C2H6.C2H2/c1-5-9(6-2)8(4)10-7-3;1-4-6-7(3)5-2;1-4-6(3)5-2;2*1-3-2;2*1-2/h5-6,10H,1,4,7H2,2-3H3;7H,4-6H2,1-3H3;6H,4-5H2,1-3H3;2*3H2,1-2H3;1-2H3;1-2H/b9-6+;;;;;;. The maximum absolute atomic E-state index is 4.00. The summed E-state index contributed by atoms with van der Waals surface area (Å²) in [7, 11) is 0. The van der Waals surface area contributed by atoms with Crippen molar-refractivity contribution in [2.75, 3.05) is 6.54 Å². The zero-order valence-electron chi connectivity index (χ0n) is 26.0. The molecule has 0 heterocycles. The predicted molar refractivity (Wildman–Crippen MR) is 164 cm³/mol. The quantitative estimate of drug-likeness (QED) is 0.262. The van der Waals surface area contributed by atoms with Crippen molar-refractivity contribution in [3.05, 3.63) is 36.6 Å². The maximum Gasteiger partial charge on any atom is 0.0337 e. The summed E-state index contributed by atoms with van der Waals surface area (Å²) in [5, 5.41) is 3.11. The molecule has 0 aliphatic carbocycles. The molecule has 1 atom stereocenters. The summed E-state index contributed by atoms with van der Waals surface area (Å²) in [6, 6.07) is 0. The van der Waals surface area contributed by atoms with Gasteiger partial charge in [0.15, 0.2) is 0 Å². The van der Waals surface area contributed by atoms with Crippen molar-refractivity contribution in [3.8, 4) is 12.8 Å². The van der Waals surface area contributed by atoms with Gasteiger partial charge in [0, 0.05) is 12.2 Å². The highest BCUT2D eigenvalue weighted by atomic mass is 14.9. The number of allylic oxidation sites excluding steroid dienone is 2. The average molecular weight is 468 g/mol. The molecule has 0 amide bonds. The zero-order valence-corrected chi connectivity index (χ0v) is 26.0. The summed E-state index contributed by atoms with van der Waals surface area (Å²) in [4.78, 5) is 0. The fourth-order valence-corrected chi connectivity index (χ4v) is 1.72. The number of likely N-dealkylation sites (N-methyl/N-ethyl adjacent to an activating group) is 1. The molecular formula is C32H69N. The Labute approximate surface area is 215 Å². The molecule has 0 rings (SSSR count). The first-order chi connectivity index (χ1) is 15.7. The van der Waals surface area contributed by atoms with Crippen LogP contribution in [0.2, 0.25) is 0 Å². The molecule has 202 valence electrons. The Hall–Kier alpha value is -1.42. The summed E-state index contributed by atoms with van der Waals surface area (Å²) in [6.07, 6.45) is 21.0. The first-order valence-electron chi connectivity index (χ1n) is 13.8. The van der Waals surface area contributed by atoms with Crippen LogP contribution in [-0.4, -0.2) is 6.54 Å². The Morgan fingerprint density at radius 3 is 1.24 bits per heavy atom. The third-order valence-electron chi connectivity index (χ3n) is 4.14. The Balaban J connectivity index is -0.0000000523. The topological polar surface area (TPSA) is 12.0 Å². The number of rotatable bonds is 9. The summed E-state index contributed by atoms with van der Waals surface area (Å²) in [6.45, 7) is 38.5. The molecule has 0 saturated heterocycles. The summed E-state index contributed by atoms with van der Waals surface area (Å²) in [5.41, 5.74) is 2.02. The van der Waals surface area contributed by atoms with E-state index in [2.05, 4.69) is 101 Å². The molecule has 0 aliphatic rings. The second-order valence-electron chi connectivity index (χ2n) is 7.60. The van der Waals surface area contributed by atoms with Gasteiger partial charge in [-0.1, -0.05) is 153 Å². The van der Waals surface area contributed by atoms with Crippen molar-refractivity contribution in [1.29, 1.82) is 0 Å². The van der Waals surface area contributed by atoms with Crippen molar-refractivity contribution >= 4 is 0 Å². The maximum atomic E-state index is 4.00. The summed E-state index contributed by atoms with van der Waals surface area (Å²) >= 11 is 0. The molecule has 1 N–H and O–H groups in total. The number of hydrogen-bond donors (Lipinski definition) is 1. The molecule has 0 aromatic heterocycles. The van der Waals surface area contributed by atoms with Crippen molar-refractivity contribution in [2.24, 2.45) is 11.8 Å². The van der Waals surface area contributed by atoms with E-state index in [4.69, 9.17) is 0 Å². The van der Waals surface area contributed by atoms with E-state index in [1.807, 2.05) is 33.8 Å². The van der Waals surface area contributed by atoms with Gasteiger partial charge in [-0.05, 0) is 31.3 Å². The third kappa shape index (κ3) is 72.4. The van der Waals surface area contributed by atoms with Crippen LogP contribution >= 0.6 is 0 Å². The fraction of sp³-hybridized carbons (Fsp3) is 0.750. The monoisotopic (exact) mass is 468 g/mol. The van der Waals surface area contributed by atoms with E-state index < -0.39 is 0 Å². The molecule has 0 aromatic carbocycles. The van der Waals surface area contributed by atoms with Gasteiger partial charge in [0.2, 0.25) is 0 Å². The van der Waals surface area contributed by atoms with Crippen molar-refractivity contribution < 1.29 is 0 Å². The van der Waals surface area contributed by atoms with E-state index in [-0.39, 0.29) is 0 Å². The molecule has 0 radical (unpaired) electrons. The predicted octanol–water partition coefficient (Wildman–Crippen LogP) is 11.6. The summed E-state index contributed by atoms with van der Waals surface area (Å²) in [5.74, 6) is 1.88. The third-order valence-corrected chi connectivity index (χ3v) is 4.14. The molecule has 1 nitrogen and oxygen atoms in total. The molecule has 0 spiro atoms. The lowest BCUT2D eigenvalue weighted by molar-refractivity contribution is 0.509. The van der Waals surface area contributed by atoms with Crippen LogP contribution in [0.5, 0.6) is 0 Å². The highest BCUT2D eigenvalue weighted by Gasteiger charge is 1.93. The Kier molecular flexibility index (Phi) is 85.1. The van der Waals surface area contributed by atoms with Gasteiger partial charge in [-0.15, -0.1) is 12.8 Å². The summed E-state index contributed by atoms with van der Waals surface area (Å²) < 4.78 is 0. The average Bonchev–Trinajstić information content (AvgIpc) is 2.84. The van der Waals surface area contributed by atoms with E-state index in [1.165, 1.54) is 44.9 Å². The SMILES string of the molecule is C#C.C=C/C(=C\C)C(=C)NCC.CC.CCC.CCC.CCC(C)CC.CCCC(C)CC. The molecule has 0 aromatic rings. The van der Waals surface area contributed by atoms with Crippen molar-refractivity contribution in [2.45, 2.75) is 142 Å². The first kappa shape index (κ1) is 48.9. The smallest absolute Gasteiger partial charge is 0.0337 e. The van der Waals surface area contributed by atoms with Crippen LogP contribution in [0.1, 0.15) is 142 Å². The van der Waals surface area contributed by atoms with Gasteiger partial charge < -0.3 is 5.32 Å². The number of terminal acetylenes is 1. The van der Waals surface area contributed by atoms with Gasteiger partial charge >= 0.3 is 0 Å². The van der Waals surface area contributed by atoms with E-state index in [0.717, 1.165) is 29.7 Å². The number of hydrogen-bond acceptors (Lipinski definition) is 1. The van der Waals surface area contributed by atoms with Crippen LogP contribution in [0.25, 0.3) is 0 Å². The largest absolute Gasteiger partial charge is 0.385 e. The molecule has 0 aliphatic heterocycles. The molecule has 0 bridgehead atoms. The Bertz CT molecular complexity index is 343. The second-order valence-corrected chi connectivity index (χ2v) is 7.60. The van der Waals surface area contributed by atoms with Crippen LogP contribution in [0.4, 0.5) is 0 Å². The molecule has 0 fully saturated rings. The van der Waals surface area contributed by atoms with E-state index in [9.17, 15) is 0 Å².